The highest BCUT2D eigenvalue weighted by atomic mass is 32.1. The Morgan fingerprint density at radius 1 is 1.24 bits per heavy atom. The van der Waals surface area contributed by atoms with E-state index in [1.807, 2.05) is 38.5 Å². The maximum absolute atomic E-state index is 11.9. The van der Waals surface area contributed by atoms with Crippen LogP contribution in [0.1, 0.15) is 17.4 Å². The molecule has 1 aromatic carbocycles. The summed E-state index contributed by atoms with van der Waals surface area (Å²) in [6, 6.07) is 12.6. The third kappa shape index (κ3) is 4.90. The van der Waals surface area contributed by atoms with Crippen LogP contribution < -0.4 is 10.2 Å². The van der Waals surface area contributed by atoms with Gasteiger partial charge in [-0.2, -0.15) is 0 Å². The topological polar surface area (TPSA) is 32.3 Å². The number of nitrogens with one attached hydrogen (secondary N) is 1. The normalized spacial score (nSPS) is 12.0. The Hall–Kier alpha value is -1.81. The molecule has 1 heterocycles. The minimum absolute atomic E-state index is 0.0925. The van der Waals surface area contributed by atoms with Gasteiger partial charge in [0.25, 0.3) is 0 Å². The van der Waals surface area contributed by atoms with Crippen molar-refractivity contribution in [3.05, 3.63) is 52.2 Å². The van der Waals surface area contributed by atoms with E-state index in [0.29, 0.717) is 6.42 Å². The molecule has 112 valence electrons. The number of amides is 1. The summed E-state index contributed by atoms with van der Waals surface area (Å²) >= 11 is 1.62. The summed E-state index contributed by atoms with van der Waals surface area (Å²) in [4.78, 5) is 15.1. The molecule has 21 heavy (non-hydrogen) atoms. The number of carbonyl (C=O) groups is 1. The summed E-state index contributed by atoms with van der Waals surface area (Å²) in [7, 11) is 4.06. The predicted octanol–water partition coefficient (Wildman–Crippen LogP) is 3.10. The van der Waals surface area contributed by atoms with E-state index in [9.17, 15) is 4.79 Å². The van der Waals surface area contributed by atoms with Gasteiger partial charge >= 0.3 is 0 Å². The zero-order chi connectivity index (χ0) is 15.2. The molecule has 0 aliphatic carbocycles. The second-order valence-electron chi connectivity index (χ2n) is 5.49. The van der Waals surface area contributed by atoms with Crippen LogP contribution in [0.15, 0.2) is 41.8 Å². The smallest absolute Gasteiger partial charge is 0.225 e. The summed E-state index contributed by atoms with van der Waals surface area (Å²) < 4.78 is 0. The van der Waals surface area contributed by atoms with Gasteiger partial charge in [0, 0.05) is 30.7 Å². The van der Waals surface area contributed by atoms with Crippen molar-refractivity contribution in [3.8, 4) is 0 Å². The van der Waals surface area contributed by atoms with Crippen molar-refractivity contribution in [1.82, 2.24) is 5.32 Å². The first-order valence-electron chi connectivity index (χ1n) is 7.12. The van der Waals surface area contributed by atoms with Gasteiger partial charge in [0.05, 0.1) is 6.42 Å². The summed E-state index contributed by atoms with van der Waals surface area (Å²) in [6.07, 6.45) is 1.32. The Labute approximate surface area is 130 Å². The maximum atomic E-state index is 11.9. The van der Waals surface area contributed by atoms with E-state index in [0.717, 1.165) is 11.3 Å². The standard InChI is InChI=1S/C17H22N2OS/c1-13(18-17(20)12-16-5-4-10-21-16)11-14-6-8-15(9-7-14)19(2)3/h4-10,13H,11-12H2,1-3H3,(H,18,20). The van der Waals surface area contributed by atoms with Crippen molar-refractivity contribution in [2.45, 2.75) is 25.8 Å². The predicted molar refractivity (Wildman–Crippen MR) is 90.1 cm³/mol. The summed E-state index contributed by atoms with van der Waals surface area (Å²) in [5.74, 6) is 0.0925. The molecular weight excluding hydrogens is 280 g/mol. The van der Waals surface area contributed by atoms with E-state index in [-0.39, 0.29) is 11.9 Å². The van der Waals surface area contributed by atoms with Gasteiger partial charge in [0.15, 0.2) is 0 Å². The number of rotatable bonds is 6. The Morgan fingerprint density at radius 3 is 2.52 bits per heavy atom. The molecule has 0 saturated heterocycles. The highest BCUT2D eigenvalue weighted by Gasteiger charge is 2.09. The van der Waals surface area contributed by atoms with Crippen LogP contribution in [0, 0.1) is 0 Å². The fourth-order valence-electron chi connectivity index (χ4n) is 2.23. The molecule has 1 unspecified atom stereocenters. The molecule has 0 bridgehead atoms. The van der Waals surface area contributed by atoms with Crippen LogP contribution in [0.5, 0.6) is 0 Å². The quantitative estimate of drug-likeness (QED) is 0.889. The summed E-state index contributed by atoms with van der Waals surface area (Å²) in [5.41, 5.74) is 2.43. The average Bonchev–Trinajstić information content (AvgIpc) is 2.91. The van der Waals surface area contributed by atoms with Gasteiger partial charge in [-0.15, -0.1) is 11.3 Å². The molecule has 0 saturated carbocycles. The second-order valence-corrected chi connectivity index (χ2v) is 6.52. The first-order chi connectivity index (χ1) is 10.0. The second kappa shape index (κ2) is 7.27. The lowest BCUT2D eigenvalue weighted by Gasteiger charge is -2.16. The molecule has 0 fully saturated rings. The molecule has 4 heteroatoms. The number of carbonyl (C=O) groups excluding carboxylic acids is 1. The number of benzene rings is 1. The molecule has 0 aliphatic rings. The molecule has 1 amide bonds. The van der Waals surface area contributed by atoms with Crippen LogP contribution in [0.4, 0.5) is 5.69 Å². The number of thiophene rings is 1. The van der Waals surface area contributed by atoms with Crippen molar-refractivity contribution in [2.75, 3.05) is 19.0 Å². The highest BCUT2D eigenvalue weighted by Crippen LogP contribution is 2.14. The van der Waals surface area contributed by atoms with E-state index < -0.39 is 0 Å². The molecule has 1 N–H and O–H groups in total. The van der Waals surface area contributed by atoms with Gasteiger partial charge in [-0.3, -0.25) is 4.79 Å². The van der Waals surface area contributed by atoms with Crippen molar-refractivity contribution >= 4 is 22.9 Å². The van der Waals surface area contributed by atoms with Gasteiger partial charge in [-0.1, -0.05) is 18.2 Å². The number of nitrogens with zero attached hydrogens (tertiary/aromatic N) is 1. The van der Waals surface area contributed by atoms with E-state index >= 15 is 0 Å². The molecule has 3 nitrogen and oxygen atoms in total. The Bertz CT molecular complexity index is 561. The molecule has 1 atom stereocenters. The fraction of sp³-hybridized carbons (Fsp3) is 0.353. The van der Waals surface area contributed by atoms with Crippen LogP contribution in [-0.2, 0) is 17.6 Å². The van der Waals surface area contributed by atoms with Crippen LogP contribution in [0.2, 0.25) is 0 Å². The fourth-order valence-corrected chi connectivity index (χ4v) is 2.94. The Kier molecular flexibility index (Phi) is 5.39. The van der Waals surface area contributed by atoms with Crippen molar-refractivity contribution in [3.63, 3.8) is 0 Å². The molecule has 1 aromatic heterocycles. The lowest BCUT2D eigenvalue weighted by atomic mass is 10.1. The third-order valence-corrected chi connectivity index (χ3v) is 4.19. The Morgan fingerprint density at radius 2 is 1.95 bits per heavy atom. The minimum atomic E-state index is 0.0925. The van der Waals surface area contributed by atoms with Crippen LogP contribution in [0.25, 0.3) is 0 Å². The SMILES string of the molecule is CC(Cc1ccc(N(C)C)cc1)NC(=O)Cc1cccs1. The lowest BCUT2D eigenvalue weighted by molar-refractivity contribution is -0.120. The highest BCUT2D eigenvalue weighted by molar-refractivity contribution is 7.10. The van der Waals surface area contributed by atoms with E-state index in [1.54, 1.807) is 11.3 Å². The number of anilines is 1. The van der Waals surface area contributed by atoms with Crippen molar-refractivity contribution < 1.29 is 4.79 Å². The minimum Gasteiger partial charge on any atom is -0.378 e. The van der Waals surface area contributed by atoms with Gasteiger partial charge in [-0.05, 0) is 42.5 Å². The first kappa shape index (κ1) is 15.6. The van der Waals surface area contributed by atoms with E-state index in [1.165, 1.54) is 11.3 Å². The van der Waals surface area contributed by atoms with Gasteiger partial charge < -0.3 is 10.2 Å². The molecule has 0 spiro atoms. The molecule has 2 rings (SSSR count). The average molecular weight is 302 g/mol. The number of hydrogen-bond acceptors (Lipinski definition) is 3. The molecule has 0 aliphatic heterocycles. The van der Waals surface area contributed by atoms with Gasteiger partial charge in [0.1, 0.15) is 0 Å². The zero-order valence-electron chi connectivity index (χ0n) is 12.8. The molecular formula is C17H22N2OS. The summed E-state index contributed by atoms with van der Waals surface area (Å²) in [5, 5.41) is 5.06. The monoisotopic (exact) mass is 302 g/mol. The van der Waals surface area contributed by atoms with E-state index in [2.05, 4.69) is 34.5 Å². The number of hydrogen-bond donors (Lipinski definition) is 1. The van der Waals surface area contributed by atoms with Crippen molar-refractivity contribution in [1.29, 1.82) is 0 Å². The van der Waals surface area contributed by atoms with Gasteiger partial charge in [-0.25, -0.2) is 0 Å². The lowest BCUT2D eigenvalue weighted by Crippen LogP contribution is -2.35. The van der Waals surface area contributed by atoms with Crippen LogP contribution in [0.3, 0.4) is 0 Å². The van der Waals surface area contributed by atoms with Crippen LogP contribution in [-0.4, -0.2) is 26.0 Å². The first-order valence-corrected chi connectivity index (χ1v) is 8.00. The largest absolute Gasteiger partial charge is 0.378 e. The van der Waals surface area contributed by atoms with Crippen LogP contribution >= 0.6 is 11.3 Å². The zero-order valence-corrected chi connectivity index (χ0v) is 13.6. The Balaban J connectivity index is 1.83. The third-order valence-electron chi connectivity index (χ3n) is 3.32. The summed E-state index contributed by atoms with van der Waals surface area (Å²) in [6.45, 7) is 2.05. The maximum Gasteiger partial charge on any atom is 0.225 e. The molecule has 0 radical (unpaired) electrons. The van der Waals surface area contributed by atoms with Crippen molar-refractivity contribution in [2.24, 2.45) is 0 Å². The van der Waals surface area contributed by atoms with E-state index in [4.69, 9.17) is 0 Å². The molecule has 2 aromatic rings. The van der Waals surface area contributed by atoms with Gasteiger partial charge in [0.2, 0.25) is 5.91 Å².